The van der Waals surface area contributed by atoms with Crippen molar-refractivity contribution in [1.82, 2.24) is 4.90 Å². The molecular weight excluding hydrogens is 198 g/mol. The van der Waals surface area contributed by atoms with Crippen molar-refractivity contribution in [1.29, 1.82) is 0 Å². The lowest BCUT2D eigenvalue weighted by molar-refractivity contribution is -0.0312. The lowest BCUT2D eigenvalue weighted by Gasteiger charge is -2.38. The molecule has 3 aliphatic heterocycles. The Morgan fingerprint density at radius 1 is 1.21 bits per heavy atom. The Bertz CT molecular complexity index is 164. The van der Waals surface area contributed by atoms with Crippen LogP contribution in [0.25, 0.3) is 0 Å². The van der Waals surface area contributed by atoms with E-state index in [9.17, 15) is 0 Å². The molecule has 0 N–H and O–H groups in total. The van der Waals surface area contributed by atoms with E-state index in [0.29, 0.717) is 6.23 Å². The number of rotatable bonds is 2. The number of hydrogen-bond donors (Lipinski definition) is 0. The maximum atomic E-state index is 5.93. The highest BCUT2D eigenvalue weighted by Gasteiger charge is 2.40. The molecule has 0 spiro atoms. The van der Waals surface area contributed by atoms with Gasteiger partial charge in [0, 0.05) is 26.3 Å². The van der Waals surface area contributed by atoms with Crippen molar-refractivity contribution in [3.05, 3.63) is 0 Å². The van der Waals surface area contributed by atoms with E-state index < -0.39 is 8.56 Å². The monoisotopic (exact) mass is 217 g/mol. The van der Waals surface area contributed by atoms with Crippen molar-refractivity contribution in [3.63, 3.8) is 0 Å². The number of fused-ring (bicyclic) bond motifs is 6. The van der Waals surface area contributed by atoms with Crippen LogP contribution >= 0.6 is 0 Å². The summed E-state index contributed by atoms with van der Waals surface area (Å²) in [6.45, 7) is 6.54. The predicted octanol–water partition coefficient (Wildman–Crippen LogP) is 0.714. The van der Waals surface area contributed by atoms with Gasteiger partial charge in [0.1, 0.15) is 0 Å². The first-order chi connectivity index (χ1) is 6.85. The zero-order valence-corrected chi connectivity index (χ0v) is 9.83. The van der Waals surface area contributed by atoms with E-state index in [1.807, 2.05) is 0 Å². The molecule has 14 heavy (non-hydrogen) atoms. The van der Waals surface area contributed by atoms with Crippen LogP contribution < -0.4 is 0 Å². The van der Waals surface area contributed by atoms with Gasteiger partial charge >= 0.3 is 8.56 Å². The first kappa shape index (κ1) is 10.6. The summed E-state index contributed by atoms with van der Waals surface area (Å²) in [5.41, 5.74) is 0. The zero-order valence-electron chi connectivity index (χ0n) is 8.83. The molecule has 3 aliphatic rings. The first-order valence-corrected chi connectivity index (χ1v) is 7.66. The minimum atomic E-state index is -1.98. The number of hydrogen-bond acceptors (Lipinski definition) is 4. The normalized spacial score (nSPS) is 38.8. The van der Waals surface area contributed by atoms with E-state index in [0.717, 1.165) is 45.5 Å². The average molecular weight is 217 g/mol. The summed E-state index contributed by atoms with van der Waals surface area (Å²) in [4.78, 5) is 2.24. The van der Waals surface area contributed by atoms with E-state index in [-0.39, 0.29) is 0 Å². The molecule has 5 heteroatoms. The van der Waals surface area contributed by atoms with Crippen LogP contribution in [-0.2, 0) is 13.6 Å². The lowest BCUT2D eigenvalue weighted by Crippen LogP contribution is -2.55. The summed E-state index contributed by atoms with van der Waals surface area (Å²) in [7, 11) is -1.98. The summed E-state index contributed by atoms with van der Waals surface area (Å²) in [5, 5.41) is 0. The van der Waals surface area contributed by atoms with Crippen molar-refractivity contribution >= 4 is 8.56 Å². The zero-order chi connectivity index (χ0) is 9.86. The van der Waals surface area contributed by atoms with E-state index in [1.54, 1.807) is 0 Å². The molecule has 0 atom stereocenters. The molecule has 3 heterocycles. The van der Waals surface area contributed by atoms with E-state index in [4.69, 9.17) is 13.6 Å². The van der Waals surface area contributed by atoms with Crippen molar-refractivity contribution < 1.29 is 13.6 Å². The highest BCUT2D eigenvalue weighted by Crippen LogP contribution is 2.20. The second-order valence-electron chi connectivity index (χ2n) is 3.95. The van der Waals surface area contributed by atoms with Crippen LogP contribution in [0.4, 0.5) is 0 Å². The summed E-state index contributed by atoms with van der Waals surface area (Å²) < 4.78 is 17.5. The molecule has 0 aliphatic carbocycles. The molecule has 82 valence electrons. The van der Waals surface area contributed by atoms with Gasteiger partial charge in [-0.3, -0.25) is 4.90 Å². The highest BCUT2D eigenvalue weighted by molar-refractivity contribution is 6.67. The van der Waals surface area contributed by atoms with Gasteiger partial charge in [-0.25, -0.2) is 0 Å². The molecule has 0 aromatic rings. The molecule has 0 unspecified atom stereocenters. The third-order valence-corrected chi connectivity index (χ3v) is 6.14. The average Bonchev–Trinajstić information content (AvgIpc) is 2.06. The van der Waals surface area contributed by atoms with Gasteiger partial charge in [0.05, 0.1) is 13.0 Å². The van der Waals surface area contributed by atoms with Gasteiger partial charge in [-0.2, -0.15) is 0 Å². The molecule has 0 amide bonds. The molecule has 0 aromatic carbocycles. The van der Waals surface area contributed by atoms with Crippen molar-refractivity contribution in [3.8, 4) is 0 Å². The quantitative estimate of drug-likeness (QED) is 0.638. The molecule has 3 rings (SSSR count). The SMILES string of the molecule is CCC[Si]12COCN(CCO1)CCO2. The fourth-order valence-corrected chi connectivity index (χ4v) is 4.79. The van der Waals surface area contributed by atoms with Gasteiger partial charge in [0.15, 0.2) is 0 Å². The standard InChI is InChI=1S/C9H19NO3Si/c1-2-7-14-9-11-8-10(3-5-12-14)4-6-13-14/h2-9H2,1H3. The Hall–Kier alpha value is 0.0569. The second-order valence-corrected chi connectivity index (χ2v) is 7.14. The Morgan fingerprint density at radius 2 is 1.93 bits per heavy atom. The van der Waals surface area contributed by atoms with Gasteiger partial charge < -0.3 is 13.6 Å². The Balaban J connectivity index is 2.04. The maximum Gasteiger partial charge on any atom is 0.364 e. The van der Waals surface area contributed by atoms with Crippen molar-refractivity contribution in [2.75, 3.05) is 39.3 Å². The third-order valence-electron chi connectivity index (χ3n) is 2.77. The maximum absolute atomic E-state index is 5.93. The van der Waals surface area contributed by atoms with Crippen LogP contribution in [-0.4, -0.2) is 52.7 Å². The summed E-state index contributed by atoms with van der Waals surface area (Å²) in [6.07, 6.45) is 1.83. The number of ether oxygens (including phenoxy) is 1. The van der Waals surface area contributed by atoms with E-state index >= 15 is 0 Å². The molecule has 3 saturated heterocycles. The summed E-state index contributed by atoms with van der Waals surface area (Å²) in [6, 6.07) is 1.06. The largest absolute Gasteiger partial charge is 0.392 e. The first-order valence-electron chi connectivity index (χ1n) is 5.43. The van der Waals surface area contributed by atoms with E-state index in [2.05, 4.69) is 11.8 Å². The minimum absolute atomic E-state index is 0.706. The number of nitrogens with zero attached hydrogens (tertiary/aromatic N) is 1. The van der Waals surface area contributed by atoms with Crippen LogP contribution in [0.1, 0.15) is 13.3 Å². The van der Waals surface area contributed by atoms with Gasteiger partial charge in [-0.15, -0.1) is 0 Å². The third kappa shape index (κ3) is 2.35. The Labute approximate surface area is 86.4 Å². The van der Waals surface area contributed by atoms with Crippen LogP contribution in [0.15, 0.2) is 0 Å². The highest BCUT2D eigenvalue weighted by atomic mass is 28.4. The molecule has 3 fully saturated rings. The van der Waals surface area contributed by atoms with Crippen LogP contribution in [0, 0.1) is 0 Å². The van der Waals surface area contributed by atoms with Crippen LogP contribution in [0.2, 0.25) is 6.04 Å². The van der Waals surface area contributed by atoms with E-state index in [1.165, 1.54) is 0 Å². The molecule has 0 aromatic heterocycles. The Kier molecular flexibility index (Phi) is 3.56. The minimum Gasteiger partial charge on any atom is -0.392 e. The topological polar surface area (TPSA) is 30.9 Å². The van der Waals surface area contributed by atoms with Gasteiger partial charge in [0.25, 0.3) is 0 Å². The fraction of sp³-hybridized carbons (Fsp3) is 1.00. The molecular formula is C9H19NO3Si. The Morgan fingerprint density at radius 3 is 2.57 bits per heavy atom. The van der Waals surface area contributed by atoms with Crippen molar-refractivity contribution in [2.24, 2.45) is 0 Å². The molecule has 2 bridgehead atoms. The lowest BCUT2D eigenvalue weighted by atomic mass is 10.5. The molecule has 0 saturated carbocycles. The molecule has 0 radical (unpaired) electrons. The predicted molar refractivity (Wildman–Crippen MR) is 55.1 cm³/mol. The fourth-order valence-electron chi connectivity index (χ4n) is 2.02. The van der Waals surface area contributed by atoms with Crippen molar-refractivity contribution in [2.45, 2.75) is 19.4 Å². The summed E-state index contributed by atoms with van der Waals surface area (Å²) in [5.74, 6) is 0. The smallest absolute Gasteiger partial charge is 0.364 e. The second kappa shape index (κ2) is 4.72. The van der Waals surface area contributed by atoms with Crippen LogP contribution in [0.3, 0.4) is 0 Å². The van der Waals surface area contributed by atoms with Gasteiger partial charge in [-0.05, 0) is 6.04 Å². The summed E-state index contributed by atoms with van der Waals surface area (Å²) >= 11 is 0. The van der Waals surface area contributed by atoms with Gasteiger partial charge in [-0.1, -0.05) is 13.3 Å². The van der Waals surface area contributed by atoms with Crippen LogP contribution in [0.5, 0.6) is 0 Å². The van der Waals surface area contributed by atoms with Gasteiger partial charge in [0.2, 0.25) is 0 Å². The molecule has 4 nitrogen and oxygen atoms in total.